The van der Waals surface area contributed by atoms with E-state index in [0.29, 0.717) is 0 Å². The molecule has 1 aromatic heterocycles. The van der Waals surface area contributed by atoms with Gasteiger partial charge in [-0.1, -0.05) is 60.7 Å². The van der Waals surface area contributed by atoms with Crippen molar-refractivity contribution >= 4 is 32.3 Å². The molecule has 0 atom stereocenters. The first-order valence-corrected chi connectivity index (χ1v) is 12.7. The fraction of sp³-hybridized carbons (Fsp3) is 0.147. The standard InChI is InChI=1S/C34H25N/c1-20-4-2-5-21-12-13-27-28-16-17-35-34(30(28)15-14-29(27)31(20)21)26-18-24-10-8-22-6-3-7-23-9-11-25(19-26)33(24)32(22)23/h2-7,12-19H,8-11H2,1H3. The van der Waals surface area contributed by atoms with E-state index in [1.165, 1.54) is 76.8 Å². The Morgan fingerprint density at radius 2 is 1.20 bits per heavy atom. The second-order valence-corrected chi connectivity index (χ2v) is 10.3. The molecule has 0 aliphatic heterocycles. The third-order valence-electron chi connectivity index (χ3n) is 8.38. The predicted octanol–water partition coefficient (Wildman–Crippen LogP) is 8.38. The molecule has 0 bridgehead atoms. The average Bonchev–Trinajstić information content (AvgIpc) is 2.91. The Balaban J connectivity index is 1.38. The Morgan fingerprint density at radius 3 is 2.00 bits per heavy atom. The van der Waals surface area contributed by atoms with E-state index in [0.717, 1.165) is 31.4 Å². The molecule has 0 spiro atoms. The molecule has 8 rings (SSSR count). The van der Waals surface area contributed by atoms with Crippen LogP contribution in [-0.2, 0) is 25.7 Å². The first kappa shape index (κ1) is 19.3. The highest BCUT2D eigenvalue weighted by Crippen LogP contribution is 2.45. The van der Waals surface area contributed by atoms with Gasteiger partial charge in [0.1, 0.15) is 0 Å². The van der Waals surface area contributed by atoms with Crippen molar-refractivity contribution in [3.05, 3.63) is 113 Å². The SMILES string of the molecule is Cc1cccc2ccc3c4ccnc(-c5cc6c7c(c5)CCc5cccc(c5-7)CC6)c4ccc3c12. The molecule has 0 saturated heterocycles. The van der Waals surface area contributed by atoms with Crippen LogP contribution in [0.3, 0.4) is 0 Å². The molecular weight excluding hydrogens is 422 g/mol. The van der Waals surface area contributed by atoms with Gasteiger partial charge in [-0.25, -0.2) is 0 Å². The molecule has 1 heteroatoms. The minimum atomic E-state index is 1.11. The highest BCUT2D eigenvalue weighted by Gasteiger charge is 2.26. The van der Waals surface area contributed by atoms with Crippen LogP contribution in [-0.4, -0.2) is 4.98 Å². The fourth-order valence-electron chi connectivity index (χ4n) is 6.83. The Labute approximate surface area is 205 Å². The normalized spacial score (nSPS) is 14.0. The Bertz CT molecular complexity index is 1810. The zero-order valence-electron chi connectivity index (χ0n) is 19.9. The Morgan fingerprint density at radius 1 is 0.571 bits per heavy atom. The third kappa shape index (κ3) is 2.67. The molecule has 0 amide bonds. The summed E-state index contributed by atoms with van der Waals surface area (Å²) < 4.78 is 0. The van der Waals surface area contributed by atoms with E-state index < -0.39 is 0 Å². The molecule has 2 aliphatic carbocycles. The van der Waals surface area contributed by atoms with Crippen molar-refractivity contribution < 1.29 is 0 Å². The van der Waals surface area contributed by atoms with Crippen molar-refractivity contribution in [2.45, 2.75) is 32.6 Å². The van der Waals surface area contributed by atoms with E-state index >= 15 is 0 Å². The fourth-order valence-corrected chi connectivity index (χ4v) is 6.83. The number of rotatable bonds is 1. The summed E-state index contributed by atoms with van der Waals surface area (Å²) in [4.78, 5) is 4.95. The molecule has 0 fully saturated rings. The summed E-state index contributed by atoms with van der Waals surface area (Å²) in [6, 6.07) is 29.7. The molecule has 1 nitrogen and oxygen atoms in total. The number of pyridine rings is 1. The van der Waals surface area contributed by atoms with Crippen LogP contribution in [0.25, 0.3) is 54.7 Å². The summed E-state index contributed by atoms with van der Waals surface area (Å²) in [6.07, 6.45) is 6.51. The quantitative estimate of drug-likeness (QED) is 0.231. The van der Waals surface area contributed by atoms with Crippen LogP contribution < -0.4 is 0 Å². The summed E-state index contributed by atoms with van der Waals surface area (Å²) in [5.74, 6) is 0. The van der Waals surface area contributed by atoms with Gasteiger partial charge in [-0.2, -0.15) is 0 Å². The number of nitrogens with zero attached hydrogens (tertiary/aromatic N) is 1. The van der Waals surface area contributed by atoms with Gasteiger partial charge < -0.3 is 0 Å². The van der Waals surface area contributed by atoms with E-state index in [4.69, 9.17) is 4.98 Å². The van der Waals surface area contributed by atoms with E-state index in [-0.39, 0.29) is 0 Å². The van der Waals surface area contributed by atoms with Crippen molar-refractivity contribution in [3.63, 3.8) is 0 Å². The summed E-state index contributed by atoms with van der Waals surface area (Å²) in [7, 11) is 0. The first-order chi connectivity index (χ1) is 17.3. The molecule has 2 aliphatic rings. The second kappa shape index (κ2) is 7.02. The number of fused-ring (bicyclic) bond motifs is 5. The number of benzene rings is 5. The predicted molar refractivity (Wildman–Crippen MR) is 147 cm³/mol. The van der Waals surface area contributed by atoms with Crippen LogP contribution >= 0.6 is 0 Å². The van der Waals surface area contributed by atoms with Gasteiger partial charge in [0.15, 0.2) is 0 Å². The molecule has 5 aromatic carbocycles. The van der Waals surface area contributed by atoms with Crippen LogP contribution in [0.15, 0.2) is 85.1 Å². The summed E-state index contributed by atoms with van der Waals surface area (Å²) in [5, 5.41) is 7.84. The molecule has 6 aromatic rings. The van der Waals surface area contributed by atoms with Gasteiger partial charge in [0, 0.05) is 17.1 Å². The van der Waals surface area contributed by atoms with Crippen LogP contribution in [0, 0.1) is 6.92 Å². The molecule has 0 unspecified atom stereocenters. The number of hydrogen-bond donors (Lipinski definition) is 0. The van der Waals surface area contributed by atoms with Gasteiger partial charge in [-0.15, -0.1) is 0 Å². The largest absolute Gasteiger partial charge is 0.256 e. The number of hydrogen-bond acceptors (Lipinski definition) is 1. The van der Waals surface area contributed by atoms with Gasteiger partial charge in [0.25, 0.3) is 0 Å². The molecule has 0 N–H and O–H groups in total. The van der Waals surface area contributed by atoms with E-state index in [1.807, 2.05) is 6.20 Å². The van der Waals surface area contributed by atoms with Crippen molar-refractivity contribution in [1.29, 1.82) is 0 Å². The zero-order valence-corrected chi connectivity index (χ0v) is 19.9. The lowest BCUT2D eigenvalue weighted by Crippen LogP contribution is -2.14. The van der Waals surface area contributed by atoms with Crippen molar-refractivity contribution in [1.82, 2.24) is 4.98 Å². The molecule has 1 heterocycles. The first-order valence-electron chi connectivity index (χ1n) is 12.7. The number of aromatic nitrogens is 1. The lowest BCUT2D eigenvalue weighted by molar-refractivity contribution is 0.877. The van der Waals surface area contributed by atoms with Gasteiger partial charge in [-0.05, 0) is 117 Å². The number of aryl methyl sites for hydroxylation is 5. The lowest BCUT2D eigenvalue weighted by atomic mass is 9.74. The van der Waals surface area contributed by atoms with Crippen LogP contribution in [0.2, 0.25) is 0 Å². The van der Waals surface area contributed by atoms with Crippen molar-refractivity contribution in [3.8, 4) is 22.4 Å². The van der Waals surface area contributed by atoms with Crippen LogP contribution in [0.5, 0.6) is 0 Å². The maximum atomic E-state index is 4.95. The monoisotopic (exact) mass is 447 g/mol. The highest BCUT2D eigenvalue weighted by molar-refractivity contribution is 6.19. The van der Waals surface area contributed by atoms with Gasteiger partial charge >= 0.3 is 0 Å². The van der Waals surface area contributed by atoms with Gasteiger partial charge in [0.2, 0.25) is 0 Å². The smallest absolute Gasteiger partial charge is 0.0780 e. The molecule has 35 heavy (non-hydrogen) atoms. The average molecular weight is 448 g/mol. The van der Waals surface area contributed by atoms with E-state index in [2.05, 4.69) is 85.8 Å². The minimum Gasteiger partial charge on any atom is -0.256 e. The Hall–Kier alpha value is -3.97. The Kier molecular flexibility index (Phi) is 3.88. The molecule has 0 radical (unpaired) electrons. The van der Waals surface area contributed by atoms with Crippen LogP contribution in [0.1, 0.15) is 27.8 Å². The molecular formula is C34H25N. The highest BCUT2D eigenvalue weighted by atomic mass is 14.7. The van der Waals surface area contributed by atoms with E-state index in [9.17, 15) is 0 Å². The summed E-state index contributed by atoms with van der Waals surface area (Å²) in [6.45, 7) is 2.21. The zero-order chi connectivity index (χ0) is 23.1. The van der Waals surface area contributed by atoms with Crippen molar-refractivity contribution in [2.24, 2.45) is 0 Å². The lowest BCUT2D eigenvalue weighted by Gasteiger charge is -2.30. The van der Waals surface area contributed by atoms with Gasteiger partial charge in [-0.3, -0.25) is 4.98 Å². The second-order valence-electron chi connectivity index (χ2n) is 10.3. The summed E-state index contributed by atoms with van der Waals surface area (Å²) in [5.41, 5.74) is 12.8. The molecule has 166 valence electrons. The third-order valence-corrected chi connectivity index (χ3v) is 8.38. The van der Waals surface area contributed by atoms with Crippen molar-refractivity contribution in [2.75, 3.05) is 0 Å². The topological polar surface area (TPSA) is 12.9 Å². The minimum absolute atomic E-state index is 1.11. The summed E-state index contributed by atoms with van der Waals surface area (Å²) >= 11 is 0. The molecule has 0 saturated carbocycles. The van der Waals surface area contributed by atoms with Crippen LogP contribution in [0.4, 0.5) is 0 Å². The van der Waals surface area contributed by atoms with Gasteiger partial charge in [0.05, 0.1) is 5.69 Å². The van der Waals surface area contributed by atoms with E-state index in [1.54, 1.807) is 0 Å². The maximum Gasteiger partial charge on any atom is 0.0780 e. The maximum absolute atomic E-state index is 4.95.